The number of nitrogens with zero attached hydrogens (tertiary/aromatic N) is 1. The predicted molar refractivity (Wildman–Crippen MR) is 188 cm³/mol. The maximum absolute atomic E-state index is 14.0. The Morgan fingerprint density at radius 3 is 2.33 bits per heavy atom. The van der Waals surface area contributed by atoms with Crippen molar-refractivity contribution in [2.45, 2.75) is 50.2 Å². The van der Waals surface area contributed by atoms with Gasteiger partial charge < -0.3 is 23.7 Å². The number of ether oxygens (including phenoxy) is 5. The van der Waals surface area contributed by atoms with Gasteiger partial charge >= 0.3 is 12.1 Å². The smallest absolute Gasteiger partial charge is 0.410 e. The van der Waals surface area contributed by atoms with Crippen molar-refractivity contribution in [2.24, 2.45) is 0 Å². The molecule has 49 heavy (non-hydrogen) atoms. The van der Waals surface area contributed by atoms with Crippen molar-refractivity contribution in [1.29, 1.82) is 0 Å². The first-order valence-electron chi connectivity index (χ1n) is 16.9. The number of likely N-dealkylation sites (tertiary alicyclic amines) is 1. The van der Waals surface area contributed by atoms with E-state index in [0.29, 0.717) is 49.7 Å². The van der Waals surface area contributed by atoms with Crippen LogP contribution in [0.15, 0.2) is 104 Å². The van der Waals surface area contributed by atoms with Gasteiger partial charge in [-0.15, -0.1) is 0 Å². The molecule has 1 fully saturated rings. The number of piperidine rings is 1. The van der Waals surface area contributed by atoms with Crippen LogP contribution in [0.1, 0.15) is 60.0 Å². The molecular weight excluding hydrogens is 618 g/mol. The summed E-state index contributed by atoms with van der Waals surface area (Å²) in [7, 11) is 3.21. The van der Waals surface area contributed by atoms with Gasteiger partial charge in [0.1, 0.15) is 31.1 Å². The molecule has 4 aromatic carbocycles. The Morgan fingerprint density at radius 1 is 0.878 bits per heavy atom. The highest BCUT2D eigenvalue weighted by molar-refractivity contribution is 5.82. The Balaban J connectivity index is 1.18. The van der Waals surface area contributed by atoms with Crippen LogP contribution < -0.4 is 14.2 Å². The number of carbonyl (C=O) groups is 2. The van der Waals surface area contributed by atoms with Gasteiger partial charge in [0, 0.05) is 12.5 Å². The number of hydrogen-bond acceptors (Lipinski definition) is 7. The molecule has 0 bridgehead atoms. The lowest BCUT2D eigenvalue weighted by molar-refractivity contribution is -0.157. The zero-order chi connectivity index (χ0) is 34.2. The van der Waals surface area contributed by atoms with Crippen molar-refractivity contribution in [3.05, 3.63) is 126 Å². The van der Waals surface area contributed by atoms with Crippen molar-refractivity contribution < 1.29 is 33.3 Å². The third kappa shape index (κ3) is 7.59. The Kier molecular flexibility index (Phi) is 10.8. The summed E-state index contributed by atoms with van der Waals surface area (Å²) in [6, 6.07) is 29.1. The molecule has 0 radical (unpaired) electrons. The fourth-order valence-corrected chi connectivity index (χ4v) is 6.88. The third-order valence-corrected chi connectivity index (χ3v) is 9.34. The van der Waals surface area contributed by atoms with Crippen molar-refractivity contribution in [1.82, 2.24) is 4.90 Å². The molecule has 4 aromatic rings. The Hall–Kier alpha value is -5.24. The molecule has 1 aliphatic carbocycles. The third-order valence-electron chi connectivity index (χ3n) is 9.34. The van der Waals surface area contributed by atoms with Crippen LogP contribution in [-0.2, 0) is 20.7 Å². The summed E-state index contributed by atoms with van der Waals surface area (Å²) >= 11 is 0. The molecule has 0 unspecified atom stereocenters. The molecule has 1 heterocycles. The minimum Gasteiger partial charge on any atom is -0.493 e. The number of esters is 1. The molecule has 1 aliphatic heterocycles. The first-order chi connectivity index (χ1) is 24.0. The van der Waals surface area contributed by atoms with E-state index in [0.717, 1.165) is 46.2 Å². The molecule has 0 saturated carbocycles. The fraction of sp³-hybridized carbons (Fsp3) is 0.317. The lowest BCUT2D eigenvalue weighted by Crippen LogP contribution is -2.49. The van der Waals surface area contributed by atoms with Crippen LogP contribution in [-0.4, -0.2) is 57.0 Å². The van der Waals surface area contributed by atoms with E-state index in [2.05, 4.69) is 30.8 Å². The molecule has 2 atom stereocenters. The number of carbonyl (C=O) groups excluding carboxylic acids is 2. The molecule has 1 amide bonds. The zero-order valence-corrected chi connectivity index (χ0v) is 28.1. The molecule has 0 N–H and O–H groups in total. The van der Waals surface area contributed by atoms with E-state index in [9.17, 15) is 9.59 Å². The largest absolute Gasteiger partial charge is 0.493 e. The van der Waals surface area contributed by atoms with E-state index in [4.69, 9.17) is 23.7 Å². The van der Waals surface area contributed by atoms with E-state index in [1.807, 2.05) is 66.7 Å². The van der Waals surface area contributed by atoms with Gasteiger partial charge in [-0.05, 0) is 89.8 Å². The summed E-state index contributed by atoms with van der Waals surface area (Å²) in [6.45, 7) is 4.71. The van der Waals surface area contributed by atoms with E-state index in [-0.39, 0.29) is 12.5 Å². The van der Waals surface area contributed by atoms with Crippen LogP contribution in [0.3, 0.4) is 0 Å². The second-order valence-electron chi connectivity index (χ2n) is 12.3. The molecule has 8 nitrogen and oxygen atoms in total. The lowest BCUT2D eigenvalue weighted by atomic mass is 9.98. The first kappa shape index (κ1) is 33.7. The van der Waals surface area contributed by atoms with Gasteiger partial charge in [-0.2, -0.15) is 0 Å². The maximum atomic E-state index is 14.0. The molecule has 254 valence electrons. The topological polar surface area (TPSA) is 83.5 Å². The molecule has 0 aromatic heterocycles. The summed E-state index contributed by atoms with van der Waals surface area (Å²) in [5, 5.41) is 0. The minimum absolute atomic E-state index is 0.0666. The van der Waals surface area contributed by atoms with Crippen LogP contribution in [0.4, 0.5) is 4.79 Å². The van der Waals surface area contributed by atoms with Gasteiger partial charge in [-0.25, -0.2) is 9.59 Å². The monoisotopic (exact) mass is 661 g/mol. The summed E-state index contributed by atoms with van der Waals surface area (Å²) in [5.41, 5.74) is 6.42. The van der Waals surface area contributed by atoms with Gasteiger partial charge in [-0.1, -0.05) is 79.4 Å². The Labute approximate surface area is 288 Å². The highest BCUT2D eigenvalue weighted by atomic mass is 16.6. The van der Waals surface area contributed by atoms with E-state index < -0.39 is 24.2 Å². The fourth-order valence-electron chi connectivity index (χ4n) is 6.88. The van der Waals surface area contributed by atoms with Crippen LogP contribution in [0.5, 0.6) is 17.2 Å². The Morgan fingerprint density at radius 2 is 1.61 bits per heavy atom. The van der Waals surface area contributed by atoms with Crippen molar-refractivity contribution in [3.63, 3.8) is 0 Å². The van der Waals surface area contributed by atoms with Gasteiger partial charge in [0.15, 0.2) is 11.5 Å². The summed E-state index contributed by atoms with van der Waals surface area (Å²) in [5.74, 6) is 1.43. The van der Waals surface area contributed by atoms with Crippen molar-refractivity contribution in [3.8, 4) is 28.4 Å². The molecule has 1 saturated heterocycles. The van der Waals surface area contributed by atoms with Crippen molar-refractivity contribution >= 4 is 12.1 Å². The lowest BCUT2D eigenvalue weighted by Gasteiger charge is -2.34. The van der Waals surface area contributed by atoms with Gasteiger partial charge in [0.05, 0.1) is 14.2 Å². The quantitative estimate of drug-likeness (QED) is 0.105. The number of aryl methyl sites for hydroxylation is 1. The van der Waals surface area contributed by atoms with Crippen LogP contribution in [0.2, 0.25) is 0 Å². The first-order valence-corrected chi connectivity index (χ1v) is 16.9. The standard InChI is InChI=1S/C41H43NO7/c1-4-24-47-30-13-11-12-29(26-30)37(21-19-28-20-22-38(45-2)39(25-28)46-3)49-40(43)36-18-9-10-23-42(36)41(44)48-27-35-33-16-7-5-14-31(33)32-15-6-8-17-34(32)35/h4-8,11-17,20,22,25-26,35-37H,1,9-10,18-19,21,23-24,27H2,2-3H3/t36-,37+/m0/s1. The molecule has 8 heteroatoms. The molecule has 6 rings (SSSR count). The van der Waals surface area contributed by atoms with Crippen LogP contribution >= 0.6 is 0 Å². The number of amides is 1. The number of hydrogen-bond donors (Lipinski definition) is 0. The van der Waals surface area contributed by atoms with Crippen LogP contribution in [0.25, 0.3) is 11.1 Å². The maximum Gasteiger partial charge on any atom is 0.410 e. The highest BCUT2D eigenvalue weighted by Gasteiger charge is 2.37. The second kappa shape index (κ2) is 15.8. The predicted octanol–water partition coefficient (Wildman–Crippen LogP) is 8.29. The number of benzene rings is 4. The van der Waals surface area contributed by atoms with Gasteiger partial charge in [-0.3, -0.25) is 4.90 Å². The SMILES string of the molecule is C=CCOc1cccc([C@@H](CCc2ccc(OC)c(OC)c2)OC(=O)[C@@H]2CCCCN2C(=O)OCC2c3ccccc3-c3ccccc32)c1. The normalized spacial score (nSPS) is 15.8. The Bertz CT molecular complexity index is 1740. The summed E-state index contributed by atoms with van der Waals surface area (Å²) in [4.78, 5) is 29.2. The second-order valence-corrected chi connectivity index (χ2v) is 12.3. The molecule has 2 aliphatic rings. The zero-order valence-electron chi connectivity index (χ0n) is 28.1. The number of methoxy groups -OCH3 is 2. The summed E-state index contributed by atoms with van der Waals surface area (Å²) < 4.78 is 29.0. The summed E-state index contributed by atoms with van der Waals surface area (Å²) in [6.07, 6.45) is 3.83. The molecule has 0 spiro atoms. The van der Waals surface area contributed by atoms with Crippen LogP contribution in [0, 0.1) is 0 Å². The minimum atomic E-state index is -0.742. The average molecular weight is 662 g/mol. The van der Waals surface area contributed by atoms with Gasteiger partial charge in [0.25, 0.3) is 0 Å². The number of fused-ring (bicyclic) bond motifs is 3. The van der Waals surface area contributed by atoms with Gasteiger partial charge in [0.2, 0.25) is 0 Å². The van der Waals surface area contributed by atoms with Crippen molar-refractivity contribution in [2.75, 3.05) is 34.0 Å². The van der Waals surface area contributed by atoms with E-state index in [1.165, 1.54) is 0 Å². The van der Waals surface area contributed by atoms with E-state index >= 15 is 0 Å². The number of rotatable bonds is 13. The molecular formula is C41H43NO7. The highest BCUT2D eigenvalue weighted by Crippen LogP contribution is 2.44. The van der Waals surface area contributed by atoms with E-state index in [1.54, 1.807) is 25.2 Å². The average Bonchev–Trinajstić information content (AvgIpc) is 3.47.